The number of likely N-dealkylation sites (tertiary alicyclic amines) is 1. The van der Waals surface area contributed by atoms with Gasteiger partial charge in [0.2, 0.25) is 0 Å². The van der Waals surface area contributed by atoms with Crippen LogP contribution in [0.1, 0.15) is 24.8 Å². The molecule has 0 radical (unpaired) electrons. The summed E-state index contributed by atoms with van der Waals surface area (Å²) in [5, 5.41) is 0.793. The van der Waals surface area contributed by atoms with Crippen LogP contribution in [0, 0.1) is 5.92 Å². The van der Waals surface area contributed by atoms with E-state index in [2.05, 4.69) is 17.1 Å². The van der Waals surface area contributed by atoms with E-state index in [9.17, 15) is 4.79 Å². The molecular weight excluding hydrogens is 298 g/mol. The molecule has 2 heterocycles. The lowest BCUT2D eigenvalue weighted by molar-refractivity contribution is 0.152. The van der Waals surface area contributed by atoms with E-state index in [1.165, 1.54) is 12.0 Å². The van der Waals surface area contributed by atoms with Crippen LogP contribution in [0.15, 0.2) is 29.3 Å². The Morgan fingerprint density at radius 1 is 1.18 bits per heavy atom. The molecule has 4 nitrogen and oxygen atoms in total. The van der Waals surface area contributed by atoms with Crippen molar-refractivity contribution in [2.75, 3.05) is 26.2 Å². The molecule has 22 heavy (non-hydrogen) atoms. The summed E-state index contributed by atoms with van der Waals surface area (Å²) in [5.74, 6) is 0.715. The molecule has 1 aromatic rings. The minimum Gasteiger partial charge on any atom is -0.324 e. The van der Waals surface area contributed by atoms with Gasteiger partial charge in [0, 0.05) is 24.7 Å². The molecule has 0 bridgehead atoms. The number of aryl methyl sites for hydroxylation is 1. The molecule has 2 aliphatic rings. The molecule has 118 valence electrons. The van der Waals surface area contributed by atoms with Crippen LogP contribution in [0.3, 0.4) is 0 Å². The number of hydrogen-bond acceptors (Lipinski definition) is 2. The van der Waals surface area contributed by atoms with Crippen molar-refractivity contribution < 1.29 is 4.79 Å². The van der Waals surface area contributed by atoms with E-state index in [4.69, 9.17) is 11.6 Å². The zero-order chi connectivity index (χ0) is 15.4. The van der Waals surface area contributed by atoms with Gasteiger partial charge in [0.15, 0.2) is 0 Å². The average molecular weight is 320 g/mol. The number of halogens is 1. The largest absolute Gasteiger partial charge is 0.325 e. The highest BCUT2D eigenvalue weighted by atomic mass is 35.5. The van der Waals surface area contributed by atoms with Gasteiger partial charge in [0.25, 0.3) is 0 Å². The van der Waals surface area contributed by atoms with E-state index in [1.807, 2.05) is 17.0 Å². The first-order valence-corrected chi connectivity index (χ1v) is 8.40. The van der Waals surface area contributed by atoms with Gasteiger partial charge in [-0.15, -0.1) is 0 Å². The molecule has 1 fully saturated rings. The van der Waals surface area contributed by atoms with Crippen LogP contribution in [0.25, 0.3) is 0 Å². The molecule has 0 aliphatic carbocycles. The van der Waals surface area contributed by atoms with Gasteiger partial charge in [-0.05, 0) is 49.3 Å². The Labute approximate surface area is 136 Å². The van der Waals surface area contributed by atoms with E-state index in [0.29, 0.717) is 5.92 Å². The van der Waals surface area contributed by atoms with Crippen molar-refractivity contribution in [1.82, 2.24) is 9.80 Å². The molecule has 2 amide bonds. The lowest BCUT2D eigenvalue weighted by Gasteiger charge is -2.33. The molecule has 1 aromatic carbocycles. The summed E-state index contributed by atoms with van der Waals surface area (Å²) in [4.78, 5) is 20.1. The van der Waals surface area contributed by atoms with Crippen LogP contribution in [-0.2, 0) is 6.42 Å². The monoisotopic (exact) mass is 319 g/mol. The normalized spacial score (nSPS) is 19.0. The van der Waals surface area contributed by atoms with Gasteiger partial charge in [0.05, 0.1) is 12.9 Å². The summed E-state index contributed by atoms with van der Waals surface area (Å²) < 4.78 is 0. The molecule has 2 aliphatic heterocycles. The maximum atomic E-state index is 12.3. The molecule has 0 atom stereocenters. The molecule has 0 aromatic heterocycles. The summed E-state index contributed by atoms with van der Waals surface area (Å²) in [7, 11) is 0. The van der Waals surface area contributed by atoms with Gasteiger partial charge in [-0.3, -0.25) is 9.89 Å². The standard InChI is InChI=1S/C17H22ClN3O/c18-16-5-3-14(4-6-16)1-2-15-7-10-20(11-8-15)17(22)21-12-9-19-13-21/h3-6,13,15H,1-2,7-12H2. The van der Waals surface area contributed by atoms with Crippen molar-refractivity contribution in [2.24, 2.45) is 10.9 Å². The number of aliphatic imine (C=N–C) groups is 1. The molecule has 5 heteroatoms. The maximum Gasteiger partial charge on any atom is 0.325 e. The zero-order valence-electron chi connectivity index (χ0n) is 12.7. The Kier molecular flexibility index (Phi) is 4.98. The van der Waals surface area contributed by atoms with Gasteiger partial charge < -0.3 is 4.90 Å². The lowest BCUT2D eigenvalue weighted by Crippen LogP contribution is -2.45. The van der Waals surface area contributed by atoms with Crippen molar-refractivity contribution in [3.05, 3.63) is 34.9 Å². The van der Waals surface area contributed by atoms with Crippen molar-refractivity contribution in [1.29, 1.82) is 0 Å². The van der Waals surface area contributed by atoms with E-state index < -0.39 is 0 Å². The molecule has 3 rings (SSSR count). The highest BCUT2D eigenvalue weighted by Gasteiger charge is 2.26. The molecular formula is C17H22ClN3O. The fourth-order valence-electron chi connectivity index (χ4n) is 3.14. The van der Waals surface area contributed by atoms with E-state index in [-0.39, 0.29) is 6.03 Å². The quantitative estimate of drug-likeness (QED) is 0.840. The summed E-state index contributed by atoms with van der Waals surface area (Å²) in [5.41, 5.74) is 1.34. The van der Waals surface area contributed by atoms with Crippen molar-refractivity contribution in [3.63, 3.8) is 0 Å². The van der Waals surface area contributed by atoms with Gasteiger partial charge >= 0.3 is 6.03 Å². The second kappa shape index (κ2) is 7.14. The van der Waals surface area contributed by atoms with Crippen LogP contribution in [0.5, 0.6) is 0 Å². The number of carbonyl (C=O) groups excluding carboxylic acids is 1. The van der Waals surface area contributed by atoms with Crippen molar-refractivity contribution >= 4 is 24.0 Å². The predicted octanol–water partition coefficient (Wildman–Crippen LogP) is 3.45. The first-order chi connectivity index (χ1) is 10.7. The second-order valence-electron chi connectivity index (χ2n) is 6.09. The van der Waals surface area contributed by atoms with E-state index in [0.717, 1.165) is 50.5 Å². The first kappa shape index (κ1) is 15.3. The number of piperidine rings is 1. The van der Waals surface area contributed by atoms with Crippen molar-refractivity contribution in [3.8, 4) is 0 Å². The predicted molar refractivity (Wildman–Crippen MR) is 89.5 cm³/mol. The Balaban J connectivity index is 1.42. The van der Waals surface area contributed by atoms with Gasteiger partial charge in [0.1, 0.15) is 0 Å². The fourth-order valence-corrected chi connectivity index (χ4v) is 3.27. The van der Waals surface area contributed by atoms with Crippen LogP contribution in [-0.4, -0.2) is 48.3 Å². The number of rotatable bonds is 3. The van der Waals surface area contributed by atoms with Crippen LogP contribution in [0.4, 0.5) is 4.79 Å². The molecule has 0 unspecified atom stereocenters. The summed E-state index contributed by atoms with van der Waals surface area (Å²) in [6.45, 7) is 3.21. The molecule has 0 saturated carbocycles. The lowest BCUT2D eigenvalue weighted by atomic mass is 9.90. The minimum atomic E-state index is 0.123. The Morgan fingerprint density at radius 3 is 2.55 bits per heavy atom. The Bertz CT molecular complexity index is 535. The molecule has 1 saturated heterocycles. The smallest absolute Gasteiger partial charge is 0.324 e. The first-order valence-electron chi connectivity index (χ1n) is 8.02. The van der Waals surface area contributed by atoms with Crippen LogP contribution in [0.2, 0.25) is 5.02 Å². The number of benzene rings is 1. The summed E-state index contributed by atoms with van der Waals surface area (Å²) in [6, 6.07) is 8.24. The molecule has 0 N–H and O–H groups in total. The van der Waals surface area contributed by atoms with Crippen molar-refractivity contribution in [2.45, 2.75) is 25.7 Å². The van der Waals surface area contributed by atoms with E-state index in [1.54, 1.807) is 11.2 Å². The van der Waals surface area contributed by atoms with Gasteiger partial charge in [-0.25, -0.2) is 4.79 Å². The third-order valence-corrected chi connectivity index (χ3v) is 4.83. The zero-order valence-corrected chi connectivity index (χ0v) is 13.5. The SMILES string of the molecule is O=C(N1C=NCC1)N1CCC(CCc2ccc(Cl)cc2)CC1. The summed E-state index contributed by atoms with van der Waals surface area (Å²) >= 11 is 5.91. The van der Waals surface area contributed by atoms with E-state index >= 15 is 0 Å². The topological polar surface area (TPSA) is 35.9 Å². The third-order valence-electron chi connectivity index (χ3n) is 4.58. The number of urea groups is 1. The van der Waals surface area contributed by atoms with Crippen LogP contribution >= 0.6 is 11.6 Å². The fraction of sp³-hybridized carbons (Fsp3) is 0.529. The number of nitrogens with zero attached hydrogens (tertiary/aromatic N) is 3. The second-order valence-corrected chi connectivity index (χ2v) is 6.53. The highest BCUT2D eigenvalue weighted by Crippen LogP contribution is 2.23. The highest BCUT2D eigenvalue weighted by molar-refractivity contribution is 6.30. The van der Waals surface area contributed by atoms with Gasteiger partial charge in [-0.2, -0.15) is 0 Å². The average Bonchev–Trinajstić information content (AvgIpc) is 3.09. The third kappa shape index (κ3) is 3.80. The Morgan fingerprint density at radius 2 is 1.91 bits per heavy atom. The minimum absolute atomic E-state index is 0.123. The maximum absolute atomic E-state index is 12.3. The number of carbonyl (C=O) groups is 1. The Hall–Kier alpha value is -1.55. The number of amides is 2. The number of hydrogen-bond donors (Lipinski definition) is 0. The van der Waals surface area contributed by atoms with Gasteiger partial charge in [-0.1, -0.05) is 23.7 Å². The summed E-state index contributed by atoms with van der Waals surface area (Å²) in [6.07, 6.45) is 6.16. The molecule has 0 spiro atoms. The van der Waals surface area contributed by atoms with Crippen LogP contribution < -0.4 is 0 Å².